The van der Waals surface area contributed by atoms with Gasteiger partial charge in [0.2, 0.25) is 0 Å². The van der Waals surface area contributed by atoms with Crippen LogP contribution in [-0.2, 0) is 4.74 Å². The highest BCUT2D eigenvalue weighted by molar-refractivity contribution is 7.18. The molecule has 4 heteroatoms. The van der Waals surface area contributed by atoms with Gasteiger partial charge in [0.1, 0.15) is 0 Å². The standard InChI is InChI=1S/C14H18N2OS/c1-10-6-11(2)8-12(7-10)13-9-16-14(18-13)15-4-5-17-3/h6-9H,4-5H2,1-3H3,(H,15,16). The molecule has 18 heavy (non-hydrogen) atoms. The third-order valence-corrected chi connectivity index (χ3v) is 3.60. The highest BCUT2D eigenvalue weighted by Crippen LogP contribution is 2.30. The Morgan fingerprint density at radius 2 is 1.94 bits per heavy atom. The van der Waals surface area contributed by atoms with Gasteiger partial charge in [-0.1, -0.05) is 40.7 Å². The first-order chi connectivity index (χ1) is 8.69. The Kier molecular flexibility index (Phi) is 4.33. The van der Waals surface area contributed by atoms with Crippen molar-refractivity contribution in [2.75, 3.05) is 25.6 Å². The number of anilines is 1. The van der Waals surface area contributed by atoms with E-state index < -0.39 is 0 Å². The van der Waals surface area contributed by atoms with Gasteiger partial charge in [-0.25, -0.2) is 4.98 Å². The van der Waals surface area contributed by atoms with E-state index in [0.717, 1.165) is 11.7 Å². The first-order valence-corrected chi connectivity index (χ1v) is 6.78. The normalized spacial score (nSPS) is 10.6. The molecule has 96 valence electrons. The van der Waals surface area contributed by atoms with Gasteiger partial charge in [-0.2, -0.15) is 0 Å². The van der Waals surface area contributed by atoms with Crippen LogP contribution in [-0.4, -0.2) is 25.2 Å². The molecule has 1 heterocycles. The van der Waals surface area contributed by atoms with Crippen molar-refractivity contribution in [3.05, 3.63) is 35.5 Å². The number of hydrogen-bond acceptors (Lipinski definition) is 4. The van der Waals surface area contributed by atoms with Crippen molar-refractivity contribution in [3.8, 4) is 10.4 Å². The predicted molar refractivity (Wildman–Crippen MR) is 77.4 cm³/mol. The average molecular weight is 262 g/mol. The number of hydrogen-bond donors (Lipinski definition) is 1. The summed E-state index contributed by atoms with van der Waals surface area (Å²) >= 11 is 1.68. The number of aromatic nitrogens is 1. The van der Waals surface area contributed by atoms with Gasteiger partial charge >= 0.3 is 0 Å². The van der Waals surface area contributed by atoms with Crippen LogP contribution in [0.1, 0.15) is 11.1 Å². The molecule has 0 aliphatic carbocycles. The number of benzene rings is 1. The van der Waals surface area contributed by atoms with Gasteiger partial charge in [0.15, 0.2) is 5.13 Å². The Hall–Kier alpha value is -1.39. The summed E-state index contributed by atoms with van der Waals surface area (Å²) in [6.07, 6.45) is 1.92. The highest BCUT2D eigenvalue weighted by Gasteiger charge is 2.05. The molecule has 1 aromatic heterocycles. The number of nitrogens with one attached hydrogen (secondary N) is 1. The van der Waals surface area contributed by atoms with Gasteiger partial charge in [0.05, 0.1) is 11.5 Å². The fourth-order valence-corrected chi connectivity index (χ4v) is 2.70. The quantitative estimate of drug-likeness (QED) is 0.838. The molecule has 0 bridgehead atoms. The molecule has 0 radical (unpaired) electrons. The van der Waals surface area contributed by atoms with E-state index in [2.05, 4.69) is 42.3 Å². The van der Waals surface area contributed by atoms with Crippen LogP contribution in [0.2, 0.25) is 0 Å². The summed E-state index contributed by atoms with van der Waals surface area (Å²) in [4.78, 5) is 5.57. The summed E-state index contributed by atoms with van der Waals surface area (Å²) in [6.45, 7) is 5.72. The molecular weight excluding hydrogens is 244 g/mol. The number of thiazole rings is 1. The maximum absolute atomic E-state index is 5.00. The lowest BCUT2D eigenvalue weighted by Gasteiger charge is -2.02. The van der Waals surface area contributed by atoms with Crippen LogP contribution in [0.5, 0.6) is 0 Å². The largest absolute Gasteiger partial charge is 0.383 e. The van der Waals surface area contributed by atoms with Crippen LogP contribution in [0.3, 0.4) is 0 Å². The van der Waals surface area contributed by atoms with Crippen molar-refractivity contribution in [3.63, 3.8) is 0 Å². The molecule has 0 fully saturated rings. The maximum Gasteiger partial charge on any atom is 0.183 e. The summed E-state index contributed by atoms with van der Waals surface area (Å²) < 4.78 is 5.00. The number of methoxy groups -OCH3 is 1. The topological polar surface area (TPSA) is 34.1 Å². The Balaban J connectivity index is 2.13. The van der Waals surface area contributed by atoms with E-state index in [9.17, 15) is 0 Å². The molecule has 0 spiro atoms. The molecule has 1 aromatic carbocycles. The number of nitrogens with zero attached hydrogens (tertiary/aromatic N) is 1. The SMILES string of the molecule is COCCNc1ncc(-c2cc(C)cc(C)c2)s1. The number of aryl methyl sites for hydroxylation is 2. The summed E-state index contributed by atoms with van der Waals surface area (Å²) in [5, 5.41) is 4.19. The Bertz CT molecular complexity index is 502. The van der Waals surface area contributed by atoms with Crippen LogP contribution < -0.4 is 5.32 Å². The van der Waals surface area contributed by atoms with Gasteiger partial charge in [-0.3, -0.25) is 0 Å². The van der Waals surface area contributed by atoms with E-state index in [-0.39, 0.29) is 0 Å². The zero-order valence-electron chi connectivity index (χ0n) is 11.0. The van der Waals surface area contributed by atoms with Gasteiger partial charge in [-0.05, 0) is 19.4 Å². The fourth-order valence-electron chi connectivity index (χ4n) is 1.87. The van der Waals surface area contributed by atoms with Crippen molar-refractivity contribution >= 4 is 16.5 Å². The Labute approximate surface area is 112 Å². The van der Waals surface area contributed by atoms with E-state index in [1.54, 1.807) is 18.4 Å². The van der Waals surface area contributed by atoms with Crippen molar-refractivity contribution in [1.82, 2.24) is 4.98 Å². The van der Waals surface area contributed by atoms with Crippen molar-refractivity contribution in [1.29, 1.82) is 0 Å². The predicted octanol–water partition coefficient (Wildman–Crippen LogP) is 3.49. The highest BCUT2D eigenvalue weighted by atomic mass is 32.1. The first kappa shape index (κ1) is 13.1. The number of rotatable bonds is 5. The summed E-state index contributed by atoms with van der Waals surface area (Å²) in [7, 11) is 1.70. The van der Waals surface area contributed by atoms with Gasteiger partial charge < -0.3 is 10.1 Å². The van der Waals surface area contributed by atoms with Crippen molar-refractivity contribution < 1.29 is 4.74 Å². The molecule has 0 amide bonds. The summed E-state index contributed by atoms with van der Waals surface area (Å²) in [6, 6.07) is 6.57. The molecule has 0 atom stereocenters. The molecule has 3 nitrogen and oxygen atoms in total. The van der Waals surface area contributed by atoms with Crippen molar-refractivity contribution in [2.45, 2.75) is 13.8 Å². The molecule has 0 aliphatic heterocycles. The second-order valence-corrected chi connectivity index (χ2v) is 5.36. The zero-order chi connectivity index (χ0) is 13.0. The number of ether oxygens (including phenoxy) is 1. The second kappa shape index (κ2) is 5.98. The van der Waals surface area contributed by atoms with Crippen LogP contribution in [0, 0.1) is 13.8 Å². The average Bonchev–Trinajstić information content (AvgIpc) is 2.77. The third-order valence-electron chi connectivity index (χ3n) is 2.59. The monoisotopic (exact) mass is 262 g/mol. The second-order valence-electron chi connectivity index (χ2n) is 4.33. The van der Waals surface area contributed by atoms with Crippen LogP contribution in [0.4, 0.5) is 5.13 Å². The van der Waals surface area contributed by atoms with Crippen LogP contribution >= 0.6 is 11.3 Å². The minimum atomic E-state index is 0.693. The van der Waals surface area contributed by atoms with Gasteiger partial charge in [0.25, 0.3) is 0 Å². The molecule has 2 rings (SSSR count). The lowest BCUT2D eigenvalue weighted by Crippen LogP contribution is -2.06. The molecular formula is C14H18N2OS. The van der Waals surface area contributed by atoms with E-state index in [0.29, 0.717) is 6.61 Å². The first-order valence-electron chi connectivity index (χ1n) is 5.96. The molecule has 2 aromatic rings. The molecule has 0 saturated carbocycles. The van der Waals surface area contributed by atoms with Crippen LogP contribution in [0.15, 0.2) is 24.4 Å². The third kappa shape index (κ3) is 3.31. The lowest BCUT2D eigenvalue weighted by atomic mass is 10.1. The van der Waals surface area contributed by atoms with Crippen molar-refractivity contribution in [2.24, 2.45) is 0 Å². The maximum atomic E-state index is 5.00. The molecule has 0 saturated heterocycles. The van der Waals surface area contributed by atoms with Crippen LogP contribution in [0.25, 0.3) is 10.4 Å². The minimum absolute atomic E-state index is 0.693. The minimum Gasteiger partial charge on any atom is -0.383 e. The van der Waals surface area contributed by atoms with E-state index in [4.69, 9.17) is 4.74 Å². The smallest absolute Gasteiger partial charge is 0.183 e. The van der Waals surface area contributed by atoms with E-state index in [1.807, 2.05) is 6.20 Å². The van der Waals surface area contributed by atoms with E-state index >= 15 is 0 Å². The lowest BCUT2D eigenvalue weighted by molar-refractivity contribution is 0.211. The fraction of sp³-hybridized carbons (Fsp3) is 0.357. The summed E-state index contributed by atoms with van der Waals surface area (Å²) in [5.41, 5.74) is 3.81. The molecule has 0 unspecified atom stereocenters. The van der Waals surface area contributed by atoms with Gasteiger partial charge in [-0.15, -0.1) is 0 Å². The van der Waals surface area contributed by atoms with Gasteiger partial charge in [0, 0.05) is 19.9 Å². The summed E-state index contributed by atoms with van der Waals surface area (Å²) in [5.74, 6) is 0. The molecule has 0 aliphatic rings. The Morgan fingerprint density at radius 1 is 1.22 bits per heavy atom. The molecule has 1 N–H and O–H groups in total. The van der Waals surface area contributed by atoms with E-state index in [1.165, 1.54) is 21.6 Å². The Morgan fingerprint density at radius 3 is 2.61 bits per heavy atom. The zero-order valence-corrected chi connectivity index (χ0v) is 11.8.